The number of nitrogen functional groups attached to an aromatic ring is 1. The van der Waals surface area contributed by atoms with E-state index in [9.17, 15) is 32.3 Å². The quantitative estimate of drug-likeness (QED) is 0.136. The molecule has 7 rings (SSSR count). The number of hydrogen-bond donors (Lipinski definition) is 2. The van der Waals surface area contributed by atoms with Gasteiger partial charge in [0.25, 0.3) is 5.91 Å². The van der Waals surface area contributed by atoms with Crippen LogP contribution in [0.25, 0.3) is 11.4 Å². The largest absolute Gasteiger partial charge is 0.457 e. The van der Waals surface area contributed by atoms with Gasteiger partial charge in [-0.3, -0.25) is 14.8 Å². The Labute approximate surface area is 340 Å². The first-order chi connectivity index (χ1) is 28.3. The standard InChI is InChI=1S/C40H39ClF3N9O6/c41-31-21-26(20-30(34(31)45)40(42,43)44)22-32(59-39(57)52-14-10-29(11-15-52)53-38(56)48-35(49-53)27-4-2-1-3-5-27)36(54)51-18-16-50(17-19-51)33-7-6-28(23-47-33)37(55)58-24-25-8-12-46-13-9-25/h1-9,12-13,20-21,23,29,32H,10-11,14-19,22,24,45H2,(H,48,49,56)/t32-/m1/s1. The lowest BCUT2D eigenvalue weighted by molar-refractivity contribution is -0.141. The Kier molecular flexibility index (Phi) is 12.2. The van der Waals surface area contributed by atoms with Crippen LogP contribution >= 0.6 is 11.6 Å². The third kappa shape index (κ3) is 9.65. The highest BCUT2D eigenvalue weighted by Crippen LogP contribution is 2.38. The first-order valence-electron chi connectivity index (χ1n) is 18.7. The van der Waals surface area contributed by atoms with Gasteiger partial charge in [0.1, 0.15) is 12.4 Å². The van der Waals surface area contributed by atoms with Crippen molar-refractivity contribution in [2.45, 2.75) is 44.2 Å². The van der Waals surface area contributed by atoms with Crippen LogP contribution < -0.4 is 16.3 Å². The highest BCUT2D eigenvalue weighted by atomic mass is 35.5. The van der Waals surface area contributed by atoms with Crippen molar-refractivity contribution in [3.63, 3.8) is 0 Å². The molecule has 2 amide bonds. The van der Waals surface area contributed by atoms with Gasteiger partial charge < -0.3 is 29.9 Å². The Balaban J connectivity index is 1.00. The topological polar surface area (TPSA) is 182 Å². The maximum absolute atomic E-state index is 14.1. The number of rotatable bonds is 10. The molecule has 15 nitrogen and oxygen atoms in total. The molecule has 59 heavy (non-hydrogen) atoms. The van der Waals surface area contributed by atoms with E-state index in [0.717, 1.165) is 17.2 Å². The first-order valence-corrected chi connectivity index (χ1v) is 19.1. The minimum atomic E-state index is -4.83. The van der Waals surface area contributed by atoms with Gasteiger partial charge in [-0.05, 0) is 60.4 Å². The van der Waals surface area contributed by atoms with E-state index in [4.69, 9.17) is 26.8 Å². The number of esters is 1. The number of ether oxygens (including phenoxy) is 2. The molecule has 19 heteroatoms. The Bertz CT molecular complexity index is 2330. The fraction of sp³-hybridized carbons (Fsp3) is 0.325. The van der Waals surface area contributed by atoms with E-state index in [1.807, 2.05) is 35.2 Å². The number of nitrogens with one attached hydrogen (secondary N) is 1. The molecule has 0 spiro atoms. The molecule has 3 aromatic heterocycles. The van der Waals surface area contributed by atoms with Crippen LogP contribution in [0.4, 0.5) is 29.5 Å². The number of carbonyl (C=O) groups is 3. The van der Waals surface area contributed by atoms with Gasteiger partial charge in [-0.2, -0.15) is 13.2 Å². The lowest BCUT2D eigenvalue weighted by Crippen LogP contribution is -2.53. The van der Waals surface area contributed by atoms with Crippen molar-refractivity contribution in [3.8, 4) is 11.4 Å². The van der Waals surface area contributed by atoms with E-state index < -0.39 is 47.9 Å². The summed E-state index contributed by atoms with van der Waals surface area (Å²) >= 11 is 6.11. The van der Waals surface area contributed by atoms with Crippen molar-refractivity contribution >= 4 is 41.1 Å². The summed E-state index contributed by atoms with van der Waals surface area (Å²) in [6, 6.07) is 17.6. The van der Waals surface area contributed by atoms with Gasteiger partial charge in [0.2, 0.25) is 0 Å². The number of benzene rings is 2. The summed E-state index contributed by atoms with van der Waals surface area (Å²) < 4.78 is 54.2. The van der Waals surface area contributed by atoms with Crippen LogP contribution in [0.3, 0.4) is 0 Å². The fourth-order valence-corrected chi connectivity index (χ4v) is 7.23. The van der Waals surface area contributed by atoms with Crippen molar-refractivity contribution in [3.05, 3.63) is 123 Å². The van der Waals surface area contributed by atoms with Crippen LogP contribution in [0.2, 0.25) is 5.02 Å². The number of carbonyl (C=O) groups excluding carboxylic acids is 3. The Morgan fingerprint density at radius 3 is 2.29 bits per heavy atom. The number of piperidine rings is 1. The number of H-pyrrole nitrogens is 1. The Hall–Kier alpha value is -6.43. The predicted octanol–water partition coefficient (Wildman–Crippen LogP) is 5.37. The number of nitrogens with zero attached hydrogens (tertiary/aromatic N) is 7. The van der Waals surface area contributed by atoms with Gasteiger partial charge >= 0.3 is 23.9 Å². The fourth-order valence-electron chi connectivity index (χ4n) is 6.98. The van der Waals surface area contributed by atoms with Crippen molar-refractivity contribution < 1.29 is 37.0 Å². The van der Waals surface area contributed by atoms with Crippen LogP contribution in [0.15, 0.2) is 90.1 Å². The number of anilines is 2. The molecule has 2 aliphatic rings. The van der Waals surface area contributed by atoms with Crippen molar-refractivity contribution in [1.82, 2.24) is 34.5 Å². The van der Waals surface area contributed by atoms with E-state index in [1.165, 1.54) is 26.7 Å². The molecule has 0 aliphatic carbocycles. The summed E-state index contributed by atoms with van der Waals surface area (Å²) in [6.07, 6.45) is -2.25. The van der Waals surface area contributed by atoms with Gasteiger partial charge in [-0.25, -0.2) is 24.0 Å². The van der Waals surface area contributed by atoms with Gasteiger partial charge in [-0.1, -0.05) is 41.9 Å². The van der Waals surface area contributed by atoms with Crippen molar-refractivity contribution in [2.24, 2.45) is 0 Å². The highest BCUT2D eigenvalue weighted by Gasteiger charge is 2.37. The number of halogens is 4. The van der Waals surface area contributed by atoms with Crippen molar-refractivity contribution in [1.29, 1.82) is 0 Å². The number of likely N-dealkylation sites (tertiary alicyclic amines) is 1. The second-order valence-electron chi connectivity index (χ2n) is 14.1. The summed E-state index contributed by atoms with van der Waals surface area (Å²) in [4.78, 5) is 69.0. The van der Waals surface area contributed by atoms with Gasteiger partial charge in [0.05, 0.1) is 27.9 Å². The third-order valence-corrected chi connectivity index (χ3v) is 10.5. The second kappa shape index (κ2) is 17.6. The maximum atomic E-state index is 14.1. The lowest BCUT2D eigenvalue weighted by atomic mass is 10.0. The summed E-state index contributed by atoms with van der Waals surface area (Å²) in [7, 11) is 0. The van der Waals surface area contributed by atoms with Crippen molar-refractivity contribution in [2.75, 3.05) is 49.9 Å². The molecule has 5 aromatic rings. The summed E-state index contributed by atoms with van der Waals surface area (Å²) in [5.41, 5.74) is 5.23. The number of alkyl halides is 3. The molecule has 0 saturated carbocycles. The second-order valence-corrected chi connectivity index (χ2v) is 14.5. The van der Waals surface area contributed by atoms with E-state index in [2.05, 4.69) is 20.1 Å². The summed E-state index contributed by atoms with van der Waals surface area (Å²) in [5.74, 6) is -0.179. The minimum Gasteiger partial charge on any atom is -0.457 e. The number of pyridine rings is 2. The number of piperazine rings is 1. The molecule has 2 aliphatic heterocycles. The average Bonchev–Trinajstić information content (AvgIpc) is 3.65. The van der Waals surface area contributed by atoms with Gasteiger partial charge in [0, 0.05) is 69.8 Å². The zero-order valence-corrected chi connectivity index (χ0v) is 32.2. The number of nitrogens with two attached hydrogens (primary N) is 1. The molecule has 2 saturated heterocycles. The number of amides is 2. The van der Waals surface area contributed by atoms with E-state index >= 15 is 0 Å². The average molecular weight is 834 g/mol. The maximum Gasteiger partial charge on any atom is 0.418 e. The molecule has 2 fully saturated rings. The van der Waals surface area contributed by atoms with E-state index in [-0.39, 0.29) is 60.7 Å². The monoisotopic (exact) mass is 833 g/mol. The Morgan fingerprint density at radius 2 is 1.63 bits per heavy atom. The molecule has 0 unspecified atom stereocenters. The lowest BCUT2D eigenvalue weighted by Gasteiger charge is -2.37. The molecular weight excluding hydrogens is 795 g/mol. The third-order valence-electron chi connectivity index (χ3n) is 10.2. The van der Waals surface area contributed by atoms with Crippen LogP contribution in [-0.2, 0) is 33.5 Å². The summed E-state index contributed by atoms with van der Waals surface area (Å²) in [6.45, 7) is 1.41. The summed E-state index contributed by atoms with van der Waals surface area (Å²) in [5, 5.41) is 4.12. The molecule has 0 radical (unpaired) electrons. The number of hydrogen-bond acceptors (Lipinski definition) is 11. The number of aromatic nitrogens is 5. The van der Waals surface area contributed by atoms with E-state index in [1.54, 1.807) is 36.7 Å². The highest BCUT2D eigenvalue weighted by molar-refractivity contribution is 6.33. The van der Waals surface area contributed by atoms with Crippen LogP contribution in [0.5, 0.6) is 0 Å². The van der Waals surface area contributed by atoms with Crippen LogP contribution in [-0.4, -0.2) is 97.9 Å². The van der Waals surface area contributed by atoms with E-state index in [0.29, 0.717) is 37.6 Å². The molecule has 0 bridgehead atoms. The van der Waals surface area contributed by atoms with Gasteiger partial charge in [-0.15, -0.1) is 5.10 Å². The molecule has 308 valence electrons. The van der Waals surface area contributed by atoms with Crippen LogP contribution in [0, 0.1) is 0 Å². The zero-order valence-electron chi connectivity index (χ0n) is 31.5. The SMILES string of the molecule is Nc1c(Cl)cc(C[C@@H](OC(=O)N2CCC(n3nc(-c4ccccc4)[nH]c3=O)CC2)C(=O)N2CCN(c3ccc(C(=O)OCc4ccncc4)cn3)CC2)cc1C(F)(F)F. The Morgan fingerprint density at radius 1 is 0.915 bits per heavy atom. The zero-order chi connectivity index (χ0) is 41.7. The van der Waals surface area contributed by atoms with Crippen LogP contribution in [0.1, 0.15) is 45.9 Å². The van der Waals surface area contributed by atoms with Gasteiger partial charge in [0.15, 0.2) is 11.9 Å². The number of aromatic amines is 1. The minimum absolute atomic E-state index is 0.00394. The smallest absolute Gasteiger partial charge is 0.418 e. The molecule has 2 aromatic carbocycles. The molecule has 3 N–H and O–H groups in total. The molecule has 1 atom stereocenters. The predicted molar refractivity (Wildman–Crippen MR) is 209 cm³/mol. The molecular formula is C40H39ClF3N9O6. The normalized spacial score (nSPS) is 15.5. The first kappa shape index (κ1) is 40.8. The molecule has 5 heterocycles.